The minimum Gasteiger partial charge on any atom is -0.362 e. The van der Waals surface area contributed by atoms with Gasteiger partial charge >= 0.3 is 0 Å². The molecule has 0 unspecified atom stereocenters. The summed E-state index contributed by atoms with van der Waals surface area (Å²) in [6, 6.07) is 3.47. The average molecular weight is 144 g/mol. The van der Waals surface area contributed by atoms with Gasteiger partial charge in [-0.2, -0.15) is 0 Å². The summed E-state index contributed by atoms with van der Waals surface area (Å²) in [5.41, 5.74) is 0. The third-order valence-electron chi connectivity index (χ3n) is 0.988. The van der Waals surface area contributed by atoms with E-state index in [9.17, 15) is 0 Å². The second-order valence-corrected chi connectivity index (χ2v) is 2.95. The normalized spacial score (nSPS) is 11.9. The molecule has 3 heteroatoms. The van der Waals surface area contributed by atoms with Crippen LogP contribution >= 0.6 is 11.3 Å². The summed E-state index contributed by atoms with van der Waals surface area (Å²) in [6.45, 7) is 1.35. The quantitative estimate of drug-likeness (QED) is 0.575. The largest absolute Gasteiger partial charge is 0.362 e. The molecule has 1 rings (SSSR count). The first kappa shape index (κ1) is 6.74. The van der Waals surface area contributed by atoms with Gasteiger partial charge in [0, 0.05) is 0 Å². The predicted molar refractivity (Wildman–Crippen MR) is 36.1 cm³/mol. The van der Waals surface area contributed by atoms with Crippen molar-refractivity contribution in [2.24, 2.45) is 0 Å². The Kier molecular flexibility index (Phi) is 1.57. The standard InChI is InChI=1S/C6H8O2S/c1-6(7,8)5-3-2-4-9-5/h2-4,7-8H,1H3. The molecule has 0 aliphatic rings. The van der Waals surface area contributed by atoms with Crippen molar-refractivity contribution in [1.82, 2.24) is 0 Å². The molecule has 0 atom stereocenters. The zero-order chi connectivity index (χ0) is 6.91. The molecular weight excluding hydrogens is 136 g/mol. The van der Waals surface area contributed by atoms with Gasteiger partial charge in [0.2, 0.25) is 0 Å². The Morgan fingerprint density at radius 1 is 1.56 bits per heavy atom. The highest BCUT2D eigenvalue weighted by Gasteiger charge is 2.18. The molecule has 1 aromatic rings. The van der Waals surface area contributed by atoms with Crippen molar-refractivity contribution >= 4 is 11.3 Å². The van der Waals surface area contributed by atoms with E-state index in [-0.39, 0.29) is 0 Å². The van der Waals surface area contributed by atoms with Gasteiger partial charge in [0.05, 0.1) is 4.88 Å². The van der Waals surface area contributed by atoms with Crippen molar-refractivity contribution in [3.05, 3.63) is 22.4 Å². The maximum Gasteiger partial charge on any atom is 0.196 e. The molecule has 0 aliphatic heterocycles. The van der Waals surface area contributed by atoms with Gasteiger partial charge in [0.1, 0.15) is 0 Å². The summed E-state index contributed by atoms with van der Waals surface area (Å²) in [6.07, 6.45) is 0. The SMILES string of the molecule is CC(O)(O)c1cccs1. The molecular formula is C6H8O2S. The summed E-state index contributed by atoms with van der Waals surface area (Å²) in [7, 11) is 0. The Morgan fingerprint density at radius 2 is 2.22 bits per heavy atom. The van der Waals surface area contributed by atoms with Gasteiger partial charge in [0.15, 0.2) is 5.79 Å². The Morgan fingerprint density at radius 3 is 2.44 bits per heavy atom. The zero-order valence-corrected chi connectivity index (χ0v) is 5.85. The molecule has 0 aromatic carbocycles. The van der Waals surface area contributed by atoms with Crippen LogP contribution in [0.5, 0.6) is 0 Å². The van der Waals surface area contributed by atoms with Gasteiger partial charge in [-0.25, -0.2) is 0 Å². The summed E-state index contributed by atoms with van der Waals surface area (Å²) in [5, 5.41) is 19.7. The summed E-state index contributed by atoms with van der Waals surface area (Å²) in [5.74, 6) is -1.66. The highest BCUT2D eigenvalue weighted by Crippen LogP contribution is 2.21. The van der Waals surface area contributed by atoms with Gasteiger partial charge in [-0.3, -0.25) is 0 Å². The third kappa shape index (κ3) is 1.51. The second kappa shape index (κ2) is 2.10. The molecule has 50 valence electrons. The van der Waals surface area contributed by atoms with Crippen molar-refractivity contribution in [3.63, 3.8) is 0 Å². The van der Waals surface area contributed by atoms with E-state index in [1.807, 2.05) is 0 Å². The lowest BCUT2D eigenvalue weighted by Crippen LogP contribution is -2.17. The third-order valence-corrected chi connectivity index (χ3v) is 2.06. The summed E-state index contributed by atoms with van der Waals surface area (Å²) >= 11 is 1.33. The van der Waals surface area contributed by atoms with Gasteiger partial charge in [-0.15, -0.1) is 11.3 Å². The fraction of sp³-hybridized carbons (Fsp3) is 0.333. The van der Waals surface area contributed by atoms with E-state index in [0.717, 1.165) is 0 Å². The molecule has 0 amide bonds. The average Bonchev–Trinajstić information content (AvgIpc) is 2.08. The molecule has 0 radical (unpaired) electrons. The van der Waals surface area contributed by atoms with Crippen LogP contribution in [0.25, 0.3) is 0 Å². The second-order valence-electron chi connectivity index (χ2n) is 2.00. The minimum absolute atomic E-state index is 0.572. The zero-order valence-electron chi connectivity index (χ0n) is 5.03. The van der Waals surface area contributed by atoms with Gasteiger partial charge in [-0.1, -0.05) is 6.07 Å². The summed E-state index contributed by atoms with van der Waals surface area (Å²) in [4.78, 5) is 0.572. The maximum absolute atomic E-state index is 8.94. The molecule has 9 heavy (non-hydrogen) atoms. The van der Waals surface area contributed by atoms with Crippen molar-refractivity contribution in [3.8, 4) is 0 Å². The number of aliphatic hydroxyl groups is 2. The molecule has 0 aliphatic carbocycles. The molecule has 0 saturated heterocycles. The van der Waals surface area contributed by atoms with Crippen LogP contribution in [-0.4, -0.2) is 10.2 Å². The monoisotopic (exact) mass is 144 g/mol. The highest BCUT2D eigenvalue weighted by molar-refractivity contribution is 7.10. The smallest absolute Gasteiger partial charge is 0.196 e. The van der Waals surface area contributed by atoms with E-state index < -0.39 is 5.79 Å². The van der Waals surface area contributed by atoms with E-state index in [2.05, 4.69) is 0 Å². The summed E-state index contributed by atoms with van der Waals surface area (Å²) < 4.78 is 0. The fourth-order valence-corrected chi connectivity index (χ4v) is 1.23. The lowest BCUT2D eigenvalue weighted by molar-refractivity contribution is -0.149. The van der Waals surface area contributed by atoms with E-state index in [1.54, 1.807) is 17.5 Å². The van der Waals surface area contributed by atoms with Gasteiger partial charge in [0.25, 0.3) is 0 Å². The molecule has 0 spiro atoms. The van der Waals surface area contributed by atoms with E-state index in [0.29, 0.717) is 4.88 Å². The van der Waals surface area contributed by atoms with E-state index in [4.69, 9.17) is 10.2 Å². The topological polar surface area (TPSA) is 40.5 Å². The first-order valence-corrected chi connectivity index (χ1v) is 3.47. The van der Waals surface area contributed by atoms with Crippen molar-refractivity contribution in [1.29, 1.82) is 0 Å². The van der Waals surface area contributed by atoms with Crippen LogP contribution in [0, 0.1) is 0 Å². The number of thiophene rings is 1. The first-order valence-electron chi connectivity index (χ1n) is 2.59. The van der Waals surface area contributed by atoms with Crippen LogP contribution in [0.1, 0.15) is 11.8 Å². The molecule has 2 nitrogen and oxygen atoms in total. The Hall–Kier alpha value is -0.380. The number of rotatable bonds is 1. The first-order chi connectivity index (χ1) is 4.11. The van der Waals surface area contributed by atoms with Crippen LogP contribution in [0.4, 0.5) is 0 Å². The molecule has 2 N–H and O–H groups in total. The van der Waals surface area contributed by atoms with Crippen molar-refractivity contribution in [2.45, 2.75) is 12.7 Å². The number of hydrogen-bond acceptors (Lipinski definition) is 3. The molecule has 1 aromatic heterocycles. The van der Waals surface area contributed by atoms with Crippen molar-refractivity contribution < 1.29 is 10.2 Å². The van der Waals surface area contributed by atoms with Crippen LogP contribution in [0.15, 0.2) is 17.5 Å². The lowest BCUT2D eigenvalue weighted by Gasteiger charge is -2.11. The van der Waals surface area contributed by atoms with E-state index >= 15 is 0 Å². The van der Waals surface area contributed by atoms with Gasteiger partial charge < -0.3 is 10.2 Å². The Labute approximate surface area is 57.4 Å². The van der Waals surface area contributed by atoms with Crippen LogP contribution in [-0.2, 0) is 5.79 Å². The predicted octanol–water partition coefficient (Wildman–Crippen LogP) is 0.905. The molecule has 0 fully saturated rings. The maximum atomic E-state index is 8.94. The van der Waals surface area contributed by atoms with Crippen LogP contribution < -0.4 is 0 Å². The Bertz CT molecular complexity index is 173. The fourth-order valence-electron chi connectivity index (χ4n) is 0.548. The van der Waals surface area contributed by atoms with Gasteiger partial charge in [-0.05, 0) is 18.4 Å². The van der Waals surface area contributed by atoms with Crippen LogP contribution in [0.3, 0.4) is 0 Å². The van der Waals surface area contributed by atoms with E-state index in [1.165, 1.54) is 18.3 Å². The lowest BCUT2D eigenvalue weighted by atomic mass is 10.3. The van der Waals surface area contributed by atoms with Crippen molar-refractivity contribution in [2.75, 3.05) is 0 Å². The van der Waals surface area contributed by atoms with Crippen LogP contribution in [0.2, 0.25) is 0 Å². The molecule has 0 saturated carbocycles. The Balaban J connectivity index is 2.90. The molecule has 1 heterocycles. The highest BCUT2D eigenvalue weighted by atomic mass is 32.1. The minimum atomic E-state index is -1.66. The number of hydrogen-bond donors (Lipinski definition) is 2. The molecule has 0 bridgehead atoms.